The zero-order chi connectivity index (χ0) is 20.9. The molecule has 0 radical (unpaired) electrons. The van der Waals surface area contributed by atoms with Crippen LogP contribution in [0.1, 0.15) is 85.0 Å². The molecule has 28 heavy (non-hydrogen) atoms. The highest BCUT2D eigenvalue weighted by molar-refractivity contribution is 5.86. The number of carbonyl (C=O) groups is 3. The number of cyclic esters (lactones) is 1. The molecule has 3 unspecified atom stereocenters. The lowest BCUT2D eigenvalue weighted by atomic mass is 9.98. The molecule has 0 saturated heterocycles. The van der Waals surface area contributed by atoms with Crippen molar-refractivity contribution in [2.24, 2.45) is 0 Å². The molecule has 1 rings (SSSR count). The van der Waals surface area contributed by atoms with Gasteiger partial charge in [-0.05, 0) is 12.8 Å². The van der Waals surface area contributed by atoms with Gasteiger partial charge in [0.15, 0.2) is 6.10 Å². The maximum atomic E-state index is 11.5. The molecule has 0 bridgehead atoms. The van der Waals surface area contributed by atoms with E-state index in [9.17, 15) is 19.5 Å². The molecule has 7 nitrogen and oxygen atoms in total. The van der Waals surface area contributed by atoms with Crippen LogP contribution < -0.4 is 0 Å². The maximum absolute atomic E-state index is 11.5. The molecule has 1 aliphatic rings. The molecule has 0 aliphatic carbocycles. The van der Waals surface area contributed by atoms with Crippen LogP contribution in [0.25, 0.3) is 0 Å². The fraction of sp³-hybridized carbons (Fsp3) is 0.762. The first-order valence-corrected chi connectivity index (χ1v) is 10.3. The first-order chi connectivity index (χ1) is 13.3. The molecule has 1 aliphatic heterocycles. The van der Waals surface area contributed by atoms with Gasteiger partial charge in [-0.1, -0.05) is 58.3 Å². The highest BCUT2D eigenvalue weighted by Crippen LogP contribution is 2.26. The lowest BCUT2D eigenvalue weighted by molar-refractivity contribution is -0.167. The van der Waals surface area contributed by atoms with Crippen molar-refractivity contribution in [3.05, 3.63) is 11.6 Å². The maximum Gasteiger partial charge on any atom is 0.333 e. The van der Waals surface area contributed by atoms with Crippen molar-refractivity contribution in [2.75, 3.05) is 0 Å². The second-order valence-corrected chi connectivity index (χ2v) is 7.23. The first kappa shape index (κ1) is 24.1. The van der Waals surface area contributed by atoms with E-state index in [1.165, 1.54) is 52.4 Å². The quantitative estimate of drug-likeness (QED) is 0.271. The number of carbonyl (C=O) groups excluding carboxylic acids is 3. The summed E-state index contributed by atoms with van der Waals surface area (Å²) in [6.07, 6.45) is 8.53. The van der Waals surface area contributed by atoms with Crippen LogP contribution in [-0.2, 0) is 28.6 Å². The van der Waals surface area contributed by atoms with E-state index in [0.717, 1.165) is 25.3 Å². The van der Waals surface area contributed by atoms with Crippen LogP contribution >= 0.6 is 0 Å². The van der Waals surface area contributed by atoms with E-state index in [1.807, 2.05) is 0 Å². The molecule has 1 heterocycles. The Labute approximate surface area is 167 Å². The molecule has 160 valence electrons. The summed E-state index contributed by atoms with van der Waals surface area (Å²) >= 11 is 0. The third-order valence-corrected chi connectivity index (χ3v) is 4.67. The standard InChI is InChI=1S/C21H34O7/c1-4-5-6-7-8-9-10-11-12-13-18(26-15(2)22)20(27-16(3)23)17-14-19(24)28-21(17)25/h14,18,20-21,25H,4-13H2,1-3H3. The minimum atomic E-state index is -1.50. The van der Waals surface area contributed by atoms with Crippen LogP contribution in [0.3, 0.4) is 0 Å². The predicted molar refractivity (Wildman–Crippen MR) is 103 cm³/mol. The number of unbranched alkanes of at least 4 members (excludes halogenated alkanes) is 8. The fourth-order valence-electron chi connectivity index (χ4n) is 3.32. The lowest BCUT2D eigenvalue weighted by Crippen LogP contribution is -2.38. The van der Waals surface area contributed by atoms with E-state index in [-0.39, 0.29) is 5.57 Å². The van der Waals surface area contributed by atoms with Crippen molar-refractivity contribution >= 4 is 17.9 Å². The van der Waals surface area contributed by atoms with Gasteiger partial charge in [-0.2, -0.15) is 0 Å². The van der Waals surface area contributed by atoms with Crippen molar-refractivity contribution in [3.63, 3.8) is 0 Å². The highest BCUT2D eigenvalue weighted by Gasteiger charge is 2.38. The minimum Gasteiger partial charge on any atom is -0.458 e. The molecular formula is C21H34O7. The summed E-state index contributed by atoms with van der Waals surface area (Å²) in [5.41, 5.74) is 0.0994. The average molecular weight is 398 g/mol. The molecule has 3 atom stereocenters. The van der Waals surface area contributed by atoms with E-state index in [0.29, 0.717) is 6.42 Å². The molecule has 0 aromatic heterocycles. The zero-order valence-electron chi connectivity index (χ0n) is 17.3. The van der Waals surface area contributed by atoms with E-state index in [2.05, 4.69) is 11.7 Å². The minimum absolute atomic E-state index is 0.0994. The number of aliphatic hydroxyl groups excluding tert-OH is 1. The smallest absolute Gasteiger partial charge is 0.333 e. The summed E-state index contributed by atoms with van der Waals surface area (Å²) in [5.74, 6) is -1.83. The van der Waals surface area contributed by atoms with Gasteiger partial charge in [0.25, 0.3) is 0 Å². The van der Waals surface area contributed by atoms with E-state index < -0.39 is 36.4 Å². The Balaban J connectivity index is 2.58. The van der Waals surface area contributed by atoms with E-state index >= 15 is 0 Å². The van der Waals surface area contributed by atoms with Crippen molar-refractivity contribution in [2.45, 2.75) is 103 Å². The fourth-order valence-corrected chi connectivity index (χ4v) is 3.32. The topological polar surface area (TPSA) is 99.1 Å². The van der Waals surface area contributed by atoms with Gasteiger partial charge in [-0.15, -0.1) is 0 Å². The Morgan fingerprint density at radius 3 is 2.00 bits per heavy atom. The number of hydrogen-bond acceptors (Lipinski definition) is 7. The van der Waals surface area contributed by atoms with Gasteiger partial charge < -0.3 is 19.3 Å². The van der Waals surface area contributed by atoms with Gasteiger partial charge in [0.05, 0.1) is 0 Å². The Morgan fingerprint density at radius 2 is 1.54 bits per heavy atom. The Morgan fingerprint density at radius 1 is 1.00 bits per heavy atom. The molecule has 7 heteroatoms. The van der Waals surface area contributed by atoms with Crippen molar-refractivity contribution in [1.29, 1.82) is 0 Å². The summed E-state index contributed by atoms with van der Waals surface area (Å²) in [4.78, 5) is 34.5. The third kappa shape index (κ3) is 9.35. The Bertz CT molecular complexity index is 541. The number of rotatable bonds is 14. The SMILES string of the molecule is CCCCCCCCCCCC(OC(C)=O)C(OC(C)=O)C1=CC(=O)OC1O. The lowest BCUT2D eigenvalue weighted by Gasteiger charge is -2.28. The van der Waals surface area contributed by atoms with Gasteiger partial charge in [-0.3, -0.25) is 9.59 Å². The van der Waals surface area contributed by atoms with Gasteiger partial charge in [0.2, 0.25) is 6.29 Å². The third-order valence-electron chi connectivity index (χ3n) is 4.67. The molecule has 0 amide bonds. The summed E-state index contributed by atoms with van der Waals surface area (Å²) < 4.78 is 15.3. The molecule has 0 spiro atoms. The molecule has 0 saturated carbocycles. The number of ether oxygens (including phenoxy) is 3. The molecular weight excluding hydrogens is 364 g/mol. The van der Waals surface area contributed by atoms with Crippen molar-refractivity contribution in [1.82, 2.24) is 0 Å². The number of aliphatic hydroxyl groups is 1. The van der Waals surface area contributed by atoms with Crippen LogP contribution in [0.15, 0.2) is 11.6 Å². The average Bonchev–Trinajstić information content (AvgIpc) is 2.95. The summed E-state index contributed by atoms with van der Waals surface area (Å²) in [6, 6.07) is 0. The van der Waals surface area contributed by atoms with Gasteiger partial charge in [-0.25, -0.2) is 4.79 Å². The van der Waals surface area contributed by atoms with Crippen LogP contribution in [0.2, 0.25) is 0 Å². The van der Waals surface area contributed by atoms with Gasteiger partial charge in [0, 0.05) is 25.5 Å². The molecule has 0 fully saturated rings. The summed E-state index contributed by atoms with van der Waals surface area (Å²) in [6.45, 7) is 4.70. The number of hydrogen-bond donors (Lipinski definition) is 1. The van der Waals surface area contributed by atoms with E-state index in [4.69, 9.17) is 9.47 Å². The largest absolute Gasteiger partial charge is 0.458 e. The van der Waals surface area contributed by atoms with Gasteiger partial charge >= 0.3 is 17.9 Å². The molecule has 1 N–H and O–H groups in total. The molecule has 0 aromatic rings. The summed E-state index contributed by atoms with van der Waals surface area (Å²) in [7, 11) is 0. The van der Waals surface area contributed by atoms with Crippen LogP contribution in [0.5, 0.6) is 0 Å². The Hall–Kier alpha value is -1.89. The van der Waals surface area contributed by atoms with Gasteiger partial charge in [0.1, 0.15) is 6.10 Å². The predicted octanol–water partition coefficient (Wildman–Crippen LogP) is 3.57. The number of esters is 3. The van der Waals surface area contributed by atoms with Crippen LogP contribution in [0, 0.1) is 0 Å². The second kappa shape index (κ2) is 13.3. The normalized spacial score (nSPS) is 18.2. The van der Waals surface area contributed by atoms with Crippen LogP contribution in [0.4, 0.5) is 0 Å². The van der Waals surface area contributed by atoms with Crippen molar-refractivity contribution < 1.29 is 33.7 Å². The second-order valence-electron chi connectivity index (χ2n) is 7.23. The summed E-state index contributed by atoms with van der Waals surface area (Å²) in [5, 5.41) is 9.91. The Kier molecular flexibility index (Phi) is 11.5. The van der Waals surface area contributed by atoms with Crippen molar-refractivity contribution in [3.8, 4) is 0 Å². The molecule has 0 aromatic carbocycles. The van der Waals surface area contributed by atoms with Crippen LogP contribution in [-0.4, -0.2) is 41.5 Å². The zero-order valence-corrected chi connectivity index (χ0v) is 17.3. The monoisotopic (exact) mass is 398 g/mol. The highest BCUT2D eigenvalue weighted by atomic mass is 16.6. The van der Waals surface area contributed by atoms with E-state index in [1.54, 1.807) is 0 Å². The first-order valence-electron chi connectivity index (χ1n) is 10.3.